The second-order valence-electron chi connectivity index (χ2n) is 12.8. The molecule has 0 radical (unpaired) electrons. The van der Waals surface area contributed by atoms with Gasteiger partial charge in [-0.1, -0.05) is 48.0 Å². The second-order valence-corrected chi connectivity index (χ2v) is 15.3. The molecule has 8 rings (SSSR count). The first kappa shape index (κ1) is 33.9. The summed E-state index contributed by atoms with van der Waals surface area (Å²) >= 11 is 9.38. The number of halogens is 1. The van der Waals surface area contributed by atoms with Crippen LogP contribution >= 0.6 is 34.3 Å². The molecule has 47 heavy (non-hydrogen) atoms. The van der Waals surface area contributed by atoms with E-state index < -0.39 is 0 Å². The first-order valence-electron chi connectivity index (χ1n) is 16.4. The summed E-state index contributed by atoms with van der Waals surface area (Å²) in [5.41, 5.74) is 0. The number of aliphatic hydroxyl groups excluding tert-OH is 1. The van der Waals surface area contributed by atoms with E-state index in [1.807, 2.05) is 18.2 Å². The molecule has 0 spiro atoms. The van der Waals surface area contributed by atoms with E-state index in [0.717, 1.165) is 70.2 Å². The lowest BCUT2D eigenvalue weighted by molar-refractivity contribution is 0.0926. The van der Waals surface area contributed by atoms with E-state index in [-0.39, 0.29) is 12.2 Å². The van der Waals surface area contributed by atoms with Gasteiger partial charge in [0.1, 0.15) is 33.6 Å². The molecule has 4 heterocycles. The van der Waals surface area contributed by atoms with Crippen LogP contribution in [0.25, 0.3) is 40.6 Å². The Labute approximate surface area is 289 Å². The molecular weight excluding hydrogens is 648 g/mol. The summed E-state index contributed by atoms with van der Waals surface area (Å²) in [5, 5.41) is 14.1. The highest BCUT2D eigenvalue weighted by Crippen LogP contribution is 2.38. The van der Waals surface area contributed by atoms with Gasteiger partial charge in [-0.15, -0.1) is 22.7 Å². The van der Waals surface area contributed by atoms with Crippen LogP contribution in [0.4, 0.5) is 0 Å². The van der Waals surface area contributed by atoms with Gasteiger partial charge in [0.05, 0.1) is 16.9 Å². The Hall–Kier alpha value is -2.99. The van der Waals surface area contributed by atoms with Crippen LogP contribution in [0.15, 0.2) is 61.2 Å². The number of benzene rings is 2. The number of hydrogen-bond acceptors (Lipinski definition) is 10. The molecular formula is C36H43ClN6O2S2. The van der Waals surface area contributed by atoms with E-state index in [1.54, 1.807) is 29.0 Å². The number of aromatic nitrogens is 4. The van der Waals surface area contributed by atoms with Crippen LogP contribution in [0.3, 0.4) is 0 Å². The number of hydrogen-bond donors (Lipinski definition) is 1. The van der Waals surface area contributed by atoms with Crippen LogP contribution in [0.5, 0.6) is 5.88 Å². The zero-order valence-electron chi connectivity index (χ0n) is 27.5. The molecule has 0 bridgehead atoms. The lowest BCUT2D eigenvalue weighted by Gasteiger charge is -2.32. The fraction of sp³-hybridized carbons (Fsp3) is 0.444. The maximum absolute atomic E-state index is 9.19. The summed E-state index contributed by atoms with van der Waals surface area (Å²) in [6, 6.07) is 17.9. The molecule has 0 atom stereocenters. The third-order valence-electron chi connectivity index (χ3n) is 9.32. The van der Waals surface area contributed by atoms with Crippen LogP contribution < -0.4 is 4.74 Å². The van der Waals surface area contributed by atoms with Crippen molar-refractivity contribution in [2.45, 2.75) is 75.7 Å². The van der Waals surface area contributed by atoms with Crippen LogP contribution in [0.2, 0.25) is 5.15 Å². The predicted molar refractivity (Wildman–Crippen MR) is 197 cm³/mol. The van der Waals surface area contributed by atoms with Gasteiger partial charge in [-0.2, -0.15) is 0 Å². The van der Waals surface area contributed by atoms with E-state index in [9.17, 15) is 5.11 Å². The van der Waals surface area contributed by atoms with Crippen LogP contribution in [-0.4, -0.2) is 87.3 Å². The van der Waals surface area contributed by atoms with Gasteiger partial charge in [0, 0.05) is 32.3 Å². The molecule has 248 valence electrons. The zero-order valence-corrected chi connectivity index (χ0v) is 29.9. The molecule has 0 amide bonds. The molecule has 2 saturated carbocycles. The van der Waals surface area contributed by atoms with Crippen molar-refractivity contribution in [1.82, 2.24) is 29.7 Å². The van der Waals surface area contributed by atoms with Gasteiger partial charge in [0.25, 0.3) is 0 Å². The highest BCUT2D eigenvalue weighted by Gasteiger charge is 2.25. The quantitative estimate of drug-likeness (QED) is 0.185. The molecule has 2 aliphatic carbocycles. The smallest absolute Gasteiger partial charge is 0.226 e. The summed E-state index contributed by atoms with van der Waals surface area (Å²) < 4.78 is 8.74. The van der Waals surface area contributed by atoms with Gasteiger partial charge in [0.2, 0.25) is 5.88 Å². The SMILES string of the molecule is CN(C)C1CCC(O)CC1.CN(C)C1CCC(Oc2ncnc3sc4ccccc4c23)CC1.Clc1ncnc2sc3ccccc3c12. The molecule has 0 unspecified atom stereocenters. The number of fused-ring (bicyclic) bond motifs is 6. The Balaban J connectivity index is 0.000000137. The summed E-state index contributed by atoms with van der Waals surface area (Å²) in [4.78, 5) is 23.6. The summed E-state index contributed by atoms with van der Waals surface area (Å²) in [5.74, 6) is 0.751. The summed E-state index contributed by atoms with van der Waals surface area (Å²) in [7, 11) is 8.55. The van der Waals surface area contributed by atoms with E-state index >= 15 is 0 Å². The minimum atomic E-state index is -0.0174. The van der Waals surface area contributed by atoms with E-state index in [1.165, 1.54) is 34.0 Å². The van der Waals surface area contributed by atoms with Crippen molar-refractivity contribution >= 4 is 74.9 Å². The summed E-state index contributed by atoms with van der Waals surface area (Å²) in [6.45, 7) is 0. The molecule has 6 aromatic rings. The number of thiophene rings is 2. The first-order chi connectivity index (χ1) is 22.8. The van der Waals surface area contributed by atoms with Crippen molar-refractivity contribution in [3.63, 3.8) is 0 Å². The molecule has 2 fully saturated rings. The van der Waals surface area contributed by atoms with Crippen molar-refractivity contribution in [2.75, 3.05) is 28.2 Å². The van der Waals surface area contributed by atoms with Gasteiger partial charge in [-0.25, -0.2) is 19.9 Å². The Kier molecular flexibility index (Phi) is 11.2. The molecule has 1 N–H and O–H groups in total. The van der Waals surface area contributed by atoms with Gasteiger partial charge in [-0.3, -0.25) is 0 Å². The number of nitrogens with zero attached hydrogens (tertiary/aromatic N) is 6. The normalized spacial score (nSPS) is 21.5. The van der Waals surface area contributed by atoms with Gasteiger partial charge < -0.3 is 19.6 Å². The van der Waals surface area contributed by atoms with Crippen LogP contribution in [0, 0.1) is 0 Å². The minimum absolute atomic E-state index is 0.0174. The topological polar surface area (TPSA) is 87.5 Å². The Bertz CT molecular complexity index is 1910. The highest BCUT2D eigenvalue weighted by molar-refractivity contribution is 7.25. The zero-order chi connectivity index (χ0) is 32.9. The molecule has 11 heteroatoms. The predicted octanol–water partition coefficient (Wildman–Crippen LogP) is 8.45. The molecule has 4 aromatic heterocycles. The van der Waals surface area contributed by atoms with E-state index in [4.69, 9.17) is 16.3 Å². The van der Waals surface area contributed by atoms with E-state index in [0.29, 0.717) is 17.2 Å². The fourth-order valence-electron chi connectivity index (χ4n) is 6.55. The van der Waals surface area contributed by atoms with Gasteiger partial charge in [-0.05, 0) is 91.7 Å². The molecule has 2 aliphatic rings. The Morgan fingerprint density at radius 1 is 0.660 bits per heavy atom. The van der Waals surface area contributed by atoms with Crippen LogP contribution in [-0.2, 0) is 0 Å². The third-order valence-corrected chi connectivity index (χ3v) is 11.8. The lowest BCUT2D eigenvalue weighted by atomic mass is 9.92. The second kappa shape index (κ2) is 15.5. The number of ether oxygens (including phenoxy) is 1. The Morgan fingerprint density at radius 2 is 1.15 bits per heavy atom. The van der Waals surface area contributed by atoms with Crippen molar-refractivity contribution in [1.29, 1.82) is 0 Å². The number of rotatable bonds is 4. The molecule has 8 nitrogen and oxygen atoms in total. The maximum Gasteiger partial charge on any atom is 0.226 e. The van der Waals surface area contributed by atoms with Gasteiger partial charge >= 0.3 is 0 Å². The maximum atomic E-state index is 9.19. The van der Waals surface area contributed by atoms with E-state index in [2.05, 4.69) is 88.3 Å². The first-order valence-corrected chi connectivity index (χ1v) is 18.4. The fourth-order valence-corrected chi connectivity index (χ4v) is 8.92. The molecule has 2 aromatic carbocycles. The highest BCUT2D eigenvalue weighted by atomic mass is 35.5. The molecule has 0 aliphatic heterocycles. The largest absolute Gasteiger partial charge is 0.474 e. The Morgan fingerprint density at radius 3 is 1.72 bits per heavy atom. The average molecular weight is 691 g/mol. The average Bonchev–Trinajstić information content (AvgIpc) is 3.66. The van der Waals surface area contributed by atoms with Crippen molar-refractivity contribution in [2.24, 2.45) is 0 Å². The van der Waals surface area contributed by atoms with Crippen LogP contribution in [0.1, 0.15) is 51.4 Å². The monoisotopic (exact) mass is 690 g/mol. The van der Waals surface area contributed by atoms with Crippen molar-refractivity contribution < 1.29 is 9.84 Å². The lowest BCUT2D eigenvalue weighted by Crippen LogP contribution is -2.35. The van der Waals surface area contributed by atoms with Gasteiger partial charge in [0.15, 0.2) is 0 Å². The number of aliphatic hydroxyl groups is 1. The standard InChI is InChI=1S/C18H21N3OS.C10H5ClN2S.C8H17NO/c1-21(2)12-7-9-13(10-8-12)22-17-16-14-5-3-4-6-15(14)23-18(16)20-11-19-17;11-9-8-6-3-1-2-4-7(6)14-10(8)13-5-12-9;1-9(2)7-3-5-8(10)6-4-7/h3-6,11-13H,7-10H2,1-2H3;1-5H;7-8,10H,3-6H2,1-2H3. The van der Waals surface area contributed by atoms with Crippen molar-refractivity contribution in [3.05, 3.63) is 66.3 Å². The molecule has 0 saturated heterocycles. The van der Waals surface area contributed by atoms with Crippen molar-refractivity contribution in [3.8, 4) is 5.88 Å². The summed E-state index contributed by atoms with van der Waals surface area (Å²) in [6.07, 6.45) is 12.2. The minimum Gasteiger partial charge on any atom is -0.474 e. The third kappa shape index (κ3) is 8.01.